The molecule has 12 heavy (non-hydrogen) atoms. The molecule has 1 aliphatic carbocycles. The Balaban J connectivity index is 2.08. The van der Waals surface area contributed by atoms with E-state index >= 15 is 0 Å². The largest absolute Gasteiger partial charge is 0.279 e. The molecular weight excluding hydrogens is 201 g/mol. The fourth-order valence-electron chi connectivity index (χ4n) is 1.44. The first-order valence-corrected chi connectivity index (χ1v) is 4.52. The van der Waals surface area contributed by atoms with Crippen LogP contribution < -0.4 is 0 Å². The van der Waals surface area contributed by atoms with Crippen LogP contribution in [0.15, 0.2) is 12.2 Å². The van der Waals surface area contributed by atoms with Gasteiger partial charge < -0.3 is 0 Å². The van der Waals surface area contributed by atoms with Crippen molar-refractivity contribution in [2.75, 3.05) is 0 Å². The van der Waals surface area contributed by atoms with E-state index < -0.39 is 4.84 Å². The van der Waals surface area contributed by atoms with E-state index in [1.54, 1.807) is 0 Å². The molecule has 2 unspecified atom stereocenters. The van der Waals surface area contributed by atoms with Gasteiger partial charge >= 0.3 is 0 Å². The number of alkyl halides is 2. The highest BCUT2D eigenvalue weighted by atomic mass is 35.5. The van der Waals surface area contributed by atoms with Gasteiger partial charge in [0.1, 0.15) is 6.10 Å². The number of hydrogen-bond donors (Lipinski definition) is 0. The molecule has 2 aliphatic rings. The summed E-state index contributed by atoms with van der Waals surface area (Å²) in [6.45, 7) is 0. The van der Waals surface area contributed by atoms with Crippen molar-refractivity contribution in [3.8, 4) is 0 Å². The quantitative estimate of drug-likeness (QED) is 0.479. The lowest BCUT2D eigenvalue weighted by molar-refractivity contribution is -0.180. The van der Waals surface area contributed by atoms with Gasteiger partial charge in [0, 0.05) is 6.42 Å². The molecule has 0 saturated carbocycles. The molecule has 0 spiro atoms. The van der Waals surface area contributed by atoms with Gasteiger partial charge in [-0.15, -0.1) is 0 Å². The minimum atomic E-state index is -1.03. The molecule has 1 fully saturated rings. The average molecular weight is 208 g/mol. The van der Waals surface area contributed by atoms with Gasteiger partial charge in [0.05, 0.1) is 6.04 Å². The van der Waals surface area contributed by atoms with E-state index in [-0.39, 0.29) is 18.1 Å². The van der Waals surface area contributed by atoms with Gasteiger partial charge in [0.25, 0.3) is 5.91 Å². The maximum Gasteiger partial charge on any atom is 0.279 e. The van der Waals surface area contributed by atoms with Crippen LogP contribution in [0.1, 0.15) is 6.42 Å². The molecule has 1 heterocycles. The van der Waals surface area contributed by atoms with Crippen molar-refractivity contribution in [1.29, 1.82) is 0 Å². The minimum Gasteiger partial charge on any atom is -0.269 e. The fraction of sp³-hybridized carbons (Fsp3) is 0.571. The van der Waals surface area contributed by atoms with Gasteiger partial charge in [0.2, 0.25) is 0 Å². The van der Waals surface area contributed by atoms with Gasteiger partial charge in [0.15, 0.2) is 4.84 Å². The average Bonchev–Trinajstić information content (AvgIpc) is 2.62. The number of carbonyl (C=O) groups excluding carboxylic acids is 1. The molecule has 5 heteroatoms. The molecule has 3 nitrogen and oxygen atoms in total. The van der Waals surface area contributed by atoms with E-state index in [9.17, 15) is 4.79 Å². The van der Waals surface area contributed by atoms with E-state index in [1.807, 2.05) is 12.2 Å². The number of halogens is 2. The number of hydroxylamine groups is 2. The first-order chi connectivity index (χ1) is 5.68. The lowest BCUT2D eigenvalue weighted by Gasteiger charge is -2.22. The first kappa shape index (κ1) is 8.35. The lowest BCUT2D eigenvalue weighted by Crippen LogP contribution is -2.38. The van der Waals surface area contributed by atoms with Crippen LogP contribution in [-0.4, -0.2) is 28.0 Å². The Morgan fingerprint density at radius 2 is 2.33 bits per heavy atom. The molecule has 0 aromatic heterocycles. The molecule has 1 aliphatic heterocycles. The fourth-order valence-corrected chi connectivity index (χ4v) is 1.63. The normalized spacial score (nSPS) is 32.1. The standard InChI is InChI=1S/C7H7Cl2NO2/c8-6(9)7(11)10-4-1-2-5(3-4)12-10/h1-2,4-6H,3H2. The Bertz CT molecular complexity index is 242. The third kappa shape index (κ3) is 1.22. The number of fused-ring (bicyclic) bond motifs is 2. The van der Waals surface area contributed by atoms with Crippen molar-refractivity contribution in [3.05, 3.63) is 12.2 Å². The van der Waals surface area contributed by atoms with Crippen LogP contribution in [0.4, 0.5) is 0 Å². The highest BCUT2D eigenvalue weighted by Gasteiger charge is 2.39. The summed E-state index contributed by atoms with van der Waals surface area (Å²) in [5, 5.41) is 1.26. The van der Waals surface area contributed by atoms with Gasteiger partial charge in [-0.25, -0.2) is 5.06 Å². The van der Waals surface area contributed by atoms with Crippen LogP contribution in [0.2, 0.25) is 0 Å². The zero-order valence-corrected chi connectivity index (χ0v) is 7.63. The minimum absolute atomic E-state index is 0.0301. The summed E-state index contributed by atoms with van der Waals surface area (Å²) in [5.41, 5.74) is 0. The molecule has 1 saturated heterocycles. The SMILES string of the molecule is O=C(C(Cl)Cl)N1OC2C=CC1C2. The second-order valence-corrected chi connectivity index (χ2v) is 3.89. The van der Waals surface area contributed by atoms with Gasteiger partial charge in [-0.05, 0) is 0 Å². The van der Waals surface area contributed by atoms with Crippen molar-refractivity contribution in [2.45, 2.75) is 23.4 Å². The van der Waals surface area contributed by atoms with Crippen LogP contribution in [0.25, 0.3) is 0 Å². The van der Waals surface area contributed by atoms with E-state index in [4.69, 9.17) is 28.0 Å². The van der Waals surface area contributed by atoms with Crippen LogP contribution in [0.3, 0.4) is 0 Å². The summed E-state index contributed by atoms with van der Waals surface area (Å²) in [5.74, 6) is -0.379. The second kappa shape index (κ2) is 2.91. The molecule has 2 bridgehead atoms. The van der Waals surface area contributed by atoms with Crippen LogP contribution in [0, 0.1) is 0 Å². The van der Waals surface area contributed by atoms with Gasteiger partial charge in [-0.1, -0.05) is 35.4 Å². The summed E-state index contributed by atoms with van der Waals surface area (Å²) in [6.07, 6.45) is 4.73. The van der Waals surface area contributed by atoms with Crippen molar-refractivity contribution in [1.82, 2.24) is 5.06 Å². The molecule has 0 N–H and O–H groups in total. The van der Waals surface area contributed by atoms with E-state index in [1.165, 1.54) is 5.06 Å². The number of rotatable bonds is 1. The predicted octanol–water partition coefficient (Wildman–Crippen LogP) is 1.26. The molecule has 1 amide bonds. The van der Waals surface area contributed by atoms with Gasteiger partial charge in [-0.3, -0.25) is 9.63 Å². The molecule has 0 aromatic rings. The van der Waals surface area contributed by atoms with E-state index in [0.717, 1.165) is 6.42 Å². The zero-order valence-electron chi connectivity index (χ0n) is 6.11. The van der Waals surface area contributed by atoms with E-state index in [2.05, 4.69) is 0 Å². The zero-order chi connectivity index (χ0) is 8.72. The highest BCUT2D eigenvalue weighted by molar-refractivity contribution is 6.53. The number of hydrogen-bond acceptors (Lipinski definition) is 2. The molecular formula is C7H7Cl2NO2. The third-order valence-corrected chi connectivity index (χ3v) is 2.35. The van der Waals surface area contributed by atoms with Gasteiger partial charge in [-0.2, -0.15) is 0 Å². The summed E-state index contributed by atoms with van der Waals surface area (Å²) < 4.78 is 0. The summed E-state index contributed by atoms with van der Waals surface area (Å²) in [7, 11) is 0. The third-order valence-electron chi connectivity index (χ3n) is 1.98. The topological polar surface area (TPSA) is 29.5 Å². The van der Waals surface area contributed by atoms with Crippen molar-refractivity contribution in [2.24, 2.45) is 0 Å². The maximum absolute atomic E-state index is 11.2. The van der Waals surface area contributed by atoms with Crippen LogP contribution in [-0.2, 0) is 9.63 Å². The molecule has 0 aromatic carbocycles. The number of nitrogens with zero attached hydrogens (tertiary/aromatic N) is 1. The Morgan fingerprint density at radius 3 is 2.75 bits per heavy atom. The van der Waals surface area contributed by atoms with Crippen LogP contribution in [0.5, 0.6) is 0 Å². The first-order valence-electron chi connectivity index (χ1n) is 3.65. The lowest BCUT2D eigenvalue weighted by atomic mass is 10.2. The summed E-state index contributed by atoms with van der Waals surface area (Å²) in [4.78, 5) is 15.4. The number of amides is 1. The molecule has 0 radical (unpaired) electrons. The monoisotopic (exact) mass is 207 g/mol. The smallest absolute Gasteiger partial charge is 0.269 e. The second-order valence-electron chi connectivity index (χ2n) is 2.80. The maximum atomic E-state index is 11.2. The van der Waals surface area contributed by atoms with E-state index in [0.29, 0.717) is 0 Å². The van der Waals surface area contributed by atoms with Crippen molar-refractivity contribution in [3.63, 3.8) is 0 Å². The predicted molar refractivity (Wildman–Crippen MR) is 44.8 cm³/mol. The Hall–Kier alpha value is -0.250. The Labute approximate surface area is 79.8 Å². The van der Waals surface area contributed by atoms with Crippen LogP contribution >= 0.6 is 23.2 Å². The molecule has 2 rings (SSSR count). The van der Waals surface area contributed by atoms with Crippen molar-refractivity contribution >= 4 is 29.1 Å². The van der Waals surface area contributed by atoms with Crippen molar-refractivity contribution < 1.29 is 9.63 Å². The highest BCUT2D eigenvalue weighted by Crippen LogP contribution is 2.30. The number of carbonyl (C=O) groups is 1. The summed E-state index contributed by atoms with van der Waals surface area (Å²) in [6, 6.07) is 0.0301. The molecule has 66 valence electrons. The Morgan fingerprint density at radius 1 is 1.58 bits per heavy atom. The molecule has 2 atom stereocenters. The Kier molecular flexibility index (Phi) is 2.02. The summed E-state index contributed by atoms with van der Waals surface area (Å²) >= 11 is 10.8.